The first-order valence-electron chi connectivity index (χ1n) is 9.41. The zero-order chi connectivity index (χ0) is 20.8. The summed E-state index contributed by atoms with van der Waals surface area (Å²) in [6, 6.07) is 5.45. The van der Waals surface area contributed by atoms with Gasteiger partial charge in [0.15, 0.2) is 11.5 Å². The summed E-state index contributed by atoms with van der Waals surface area (Å²) in [6.45, 7) is 6.59. The lowest BCUT2D eigenvalue weighted by Crippen LogP contribution is -2.37. The Morgan fingerprint density at radius 2 is 1.76 bits per heavy atom. The molecule has 154 valence electrons. The highest BCUT2D eigenvalue weighted by atomic mass is 16.5. The Labute approximate surface area is 170 Å². The van der Waals surface area contributed by atoms with Gasteiger partial charge in [0.1, 0.15) is 0 Å². The normalized spacial score (nSPS) is 14.1. The summed E-state index contributed by atoms with van der Waals surface area (Å²) in [5, 5.41) is 2.88. The molecule has 0 unspecified atom stereocenters. The number of amides is 1. The Bertz CT molecular complexity index is 885. The van der Waals surface area contributed by atoms with Gasteiger partial charge in [-0.05, 0) is 37.6 Å². The van der Waals surface area contributed by atoms with Gasteiger partial charge in [-0.25, -0.2) is 9.97 Å². The lowest BCUT2D eigenvalue weighted by Gasteiger charge is -2.27. The predicted octanol–water partition coefficient (Wildman–Crippen LogP) is 2.60. The molecule has 8 nitrogen and oxygen atoms in total. The molecule has 3 rings (SSSR count). The van der Waals surface area contributed by atoms with E-state index in [1.54, 1.807) is 32.4 Å². The molecule has 0 bridgehead atoms. The van der Waals surface area contributed by atoms with Crippen molar-refractivity contribution in [1.29, 1.82) is 0 Å². The molecule has 0 aliphatic carbocycles. The first-order chi connectivity index (χ1) is 14.0. The summed E-state index contributed by atoms with van der Waals surface area (Å²) in [4.78, 5) is 23.6. The number of hydrogen-bond donors (Lipinski definition) is 1. The van der Waals surface area contributed by atoms with Crippen molar-refractivity contribution < 1.29 is 19.0 Å². The molecule has 0 atom stereocenters. The Balaban J connectivity index is 1.71. The van der Waals surface area contributed by atoms with Crippen LogP contribution in [-0.4, -0.2) is 56.4 Å². The number of rotatable bonds is 6. The lowest BCUT2D eigenvalue weighted by atomic mass is 10.2. The Morgan fingerprint density at radius 3 is 2.38 bits per heavy atom. The number of carbonyl (C=O) groups is 1. The van der Waals surface area contributed by atoms with Gasteiger partial charge in [-0.1, -0.05) is 6.07 Å². The van der Waals surface area contributed by atoms with Gasteiger partial charge >= 0.3 is 0 Å². The number of anilines is 2. The minimum atomic E-state index is -0.256. The van der Waals surface area contributed by atoms with Crippen molar-refractivity contribution in [1.82, 2.24) is 9.97 Å². The van der Waals surface area contributed by atoms with E-state index in [9.17, 15) is 4.79 Å². The number of morpholine rings is 1. The van der Waals surface area contributed by atoms with Crippen LogP contribution in [0.15, 0.2) is 24.3 Å². The molecule has 0 spiro atoms. The topological polar surface area (TPSA) is 85.8 Å². The molecular formula is C21H26N4O4. The molecule has 1 fully saturated rings. The highest BCUT2D eigenvalue weighted by Gasteiger charge is 2.17. The van der Waals surface area contributed by atoms with Crippen LogP contribution in [0.4, 0.5) is 11.6 Å². The van der Waals surface area contributed by atoms with E-state index < -0.39 is 0 Å². The second kappa shape index (κ2) is 9.38. The van der Waals surface area contributed by atoms with Gasteiger partial charge in [0.2, 0.25) is 11.9 Å². The summed E-state index contributed by atoms with van der Waals surface area (Å²) in [5.74, 6) is 1.66. The van der Waals surface area contributed by atoms with Crippen LogP contribution >= 0.6 is 0 Å². The molecule has 1 aliphatic rings. The quantitative estimate of drug-likeness (QED) is 0.749. The van der Waals surface area contributed by atoms with E-state index in [-0.39, 0.29) is 5.91 Å². The highest BCUT2D eigenvalue weighted by molar-refractivity contribution is 6.02. The number of ether oxygens (including phenoxy) is 3. The number of hydrogen-bond acceptors (Lipinski definition) is 7. The molecule has 1 aromatic carbocycles. The number of benzene rings is 1. The zero-order valence-corrected chi connectivity index (χ0v) is 17.2. The maximum absolute atomic E-state index is 12.4. The van der Waals surface area contributed by atoms with Crippen molar-refractivity contribution in [3.05, 3.63) is 41.2 Å². The van der Waals surface area contributed by atoms with Gasteiger partial charge in [0.05, 0.1) is 44.5 Å². The molecule has 1 aromatic heterocycles. The van der Waals surface area contributed by atoms with Crippen molar-refractivity contribution >= 4 is 23.6 Å². The Morgan fingerprint density at radius 1 is 1.10 bits per heavy atom. The number of carbonyl (C=O) groups excluding carboxylic acids is 1. The zero-order valence-electron chi connectivity index (χ0n) is 17.2. The molecular weight excluding hydrogens is 372 g/mol. The third-order valence-electron chi connectivity index (χ3n) is 4.64. The van der Waals surface area contributed by atoms with Gasteiger partial charge in [-0.2, -0.15) is 0 Å². The largest absolute Gasteiger partial charge is 0.493 e. The second-order valence-corrected chi connectivity index (χ2v) is 6.61. The van der Waals surface area contributed by atoms with Gasteiger partial charge in [0.25, 0.3) is 0 Å². The first-order valence-corrected chi connectivity index (χ1v) is 9.41. The standard InChI is InChI=1S/C21H26N4O4/c1-14-20(15(2)23-21(22-14)25-9-11-29-12-10-25)24-19(26)8-6-16-5-7-17(27-3)18(13-16)28-4/h5-8,13H,9-12H2,1-4H3,(H,24,26)/b8-6+. The molecule has 1 N–H and O–H groups in total. The number of nitrogens with one attached hydrogen (secondary N) is 1. The third-order valence-corrected chi connectivity index (χ3v) is 4.64. The van der Waals surface area contributed by atoms with Gasteiger partial charge in [0, 0.05) is 19.2 Å². The predicted molar refractivity (Wildman–Crippen MR) is 112 cm³/mol. The Kier molecular flexibility index (Phi) is 6.66. The van der Waals surface area contributed by atoms with Crippen molar-refractivity contribution in [3.63, 3.8) is 0 Å². The average Bonchev–Trinajstić information content (AvgIpc) is 2.75. The van der Waals surface area contributed by atoms with Gasteiger partial charge in [-0.15, -0.1) is 0 Å². The van der Waals surface area contributed by atoms with Gasteiger partial charge in [-0.3, -0.25) is 4.79 Å². The SMILES string of the molecule is COc1ccc(/C=C/C(=O)Nc2c(C)nc(N3CCOCC3)nc2C)cc1OC. The monoisotopic (exact) mass is 398 g/mol. The smallest absolute Gasteiger partial charge is 0.248 e. The van der Waals surface area contributed by atoms with Gasteiger partial charge < -0.3 is 24.4 Å². The van der Waals surface area contributed by atoms with Crippen LogP contribution in [0.25, 0.3) is 6.08 Å². The van der Waals surface area contributed by atoms with E-state index in [1.807, 2.05) is 19.9 Å². The summed E-state index contributed by atoms with van der Waals surface area (Å²) in [7, 11) is 3.15. The number of aryl methyl sites for hydroxylation is 2. The lowest BCUT2D eigenvalue weighted by molar-refractivity contribution is -0.111. The van der Waals surface area contributed by atoms with Crippen LogP contribution in [0, 0.1) is 13.8 Å². The van der Waals surface area contributed by atoms with Crippen molar-refractivity contribution in [2.75, 3.05) is 50.7 Å². The Hall–Kier alpha value is -3.13. The molecule has 29 heavy (non-hydrogen) atoms. The number of methoxy groups -OCH3 is 2. The molecule has 2 aromatic rings. The second-order valence-electron chi connectivity index (χ2n) is 6.61. The van der Waals surface area contributed by atoms with Crippen LogP contribution < -0.4 is 19.7 Å². The third kappa shape index (κ3) is 5.03. The fourth-order valence-electron chi connectivity index (χ4n) is 3.08. The molecule has 1 saturated heterocycles. The summed E-state index contributed by atoms with van der Waals surface area (Å²) < 4.78 is 15.9. The summed E-state index contributed by atoms with van der Waals surface area (Å²) in [6.07, 6.45) is 3.18. The fourth-order valence-corrected chi connectivity index (χ4v) is 3.08. The summed E-state index contributed by atoms with van der Waals surface area (Å²) >= 11 is 0. The van der Waals surface area contributed by atoms with Crippen LogP contribution in [0.1, 0.15) is 17.0 Å². The van der Waals surface area contributed by atoms with E-state index in [2.05, 4.69) is 20.2 Å². The maximum Gasteiger partial charge on any atom is 0.248 e. The van der Waals surface area contributed by atoms with E-state index in [0.717, 1.165) is 30.0 Å². The fraction of sp³-hybridized carbons (Fsp3) is 0.381. The van der Waals surface area contributed by atoms with E-state index in [4.69, 9.17) is 14.2 Å². The minimum absolute atomic E-state index is 0.256. The number of aromatic nitrogens is 2. The maximum atomic E-state index is 12.4. The van der Waals surface area contributed by atoms with Crippen molar-refractivity contribution in [2.24, 2.45) is 0 Å². The number of nitrogens with zero attached hydrogens (tertiary/aromatic N) is 3. The van der Waals surface area contributed by atoms with Crippen molar-refractivity contribution in [2.45, 2.75) is 13.8 Å². The van der Waals surface area contributed by atoms with Crippen LogP contribution in [-0.2, 0) is 9.53 Å². The van der Waals surface area contributed by atoms with Crippen LogP contribution in [0.3, 0.4) is 0 Å². The first kappa shape index (κ1) is 20.6. The van der Waals surface area contributed by atoms with E-state index >= 15 is 0 Å². The minimum Gasteiger partial charge on any atom is -0.493 e. The molecule has 0 radical (unpaired) electrons. The average molecular weight is 398 g/mol. The molecule has 2 heterocycles. The molecule has 1 aliphatic heterocycles. The van der Waals surface area contributed by atoms with Crippen LogP contribution in [0.5, 0.6) is 11.5 Å². The van der Waals surface area contributed by atoms with E-state index in [1.165, 1.54) is 6.08 Å². The van der Waals surface area contributed by atoms with Crippen molar-refractivity contribution in [3.8, 4) is 11.5 Å². The molecule has 8 heteroatoms. The van der Waals surface area contributed by atoms with E-state index in [0.29, 0.717) is 36.3 Å². The molecule has 0 saturated carbocycles. The van der Waals surface area contributed by atoms with Crippen LogP contribution in [0.2, 0.25) is 0 Å². The summed E-state index contributed by atoms with van der Waals surface area (Å²) in [5.41, 5.74) is 2.91. The highest BCUT2D eigenvalue weighted by Crippen LogP contribution is 2.28. The molecule has 1 amide bonds.